The van der Waals surface area contributed by atoms with Crippen molar-refractivity contribution in [1.82, 2.24) is 14.2 Å². The molecule has 6 nitrogen and oxygen atoms in total. The van der Waals surface area contributed by atoms with Gasteiger partial charge in [-0.15, -0.1) is 11.3 Å². The molecule has 158 valence electrons. The van der Waals surface area contributed by atoms with Gasteiger partial charge in [0.05, 0.1) is 26.2 Å². The Bertz CT molecular complexity index is 1050. The SMILES string of the molecule is Cc1nc(C)c(C(=O)N2CCN(S(=O)(=O)c3ccc(Cl)c(C(F)(F)F)c3)CC2)s1. The van der Waals surface area contributed by atoms with E-state index in [1.807, 2.05) is 0 Å². The van der Waals surface area contributed by atoms with Crippen molar-refractivity contribution < 1.29 is 26.4 Å². The van der Waals surface area contributed by atoms with Crippen molar-refractivity contribution in [3.8, 4) is 0 Å². The average Bonchev–Trinajstić information content (AvgIpc) is 2.98. The highest BCUT2D eigenvalue weighted by molar-refractivity contribution is 7.89. The lowest BCUT2D eigenvalue weighted by atomic mass is 10.2. The lowest BCUT2D eigenvalue weighted by molar-refractivity contribution is -0.137. The van der Waals surface area contributed by atoms with Crippen LogP contribution in [0.25, 0.3) is 0 Å². The number of hydrogen-bond acceptors (Lipinski definition) is 5. The van der Waals surface area contributed by atoms with Crippen molar-refractivity contribution in [2.24, 2.45) is 0 Å². The van der Waals surface area contributed by atoms with Gasteiger partial charge in [0.1, 0.15) is 4.88 Å². The summed E-state index contributed by atoms with van der Waals surface area (Å²) in [7, 11) is -4.15. The number of sulfonamides is 1. The van der Waals surface area contributed by atoms with Gasteiger partial charge in [0, 0.05) is 26.2 Å². The molecule has 2 aromatic rings. The monoisotopic (exact) mass is 467 g/mol. The first-order valence-corrected chi connectivity index (χ1v) is 11.1. The summed E-state index contributed by atoms with van der Waals surface area (Å²) in [4.78, 5) is 18.4. The predicted octanol–water partition coefficient (Wildman–Crippen LogP) is 3.58. The van der Waals surface area contributed by atoms with Gasteiger partial charge in [0.2, 0.25) is 10.0 Å². The molecule has 1 amide bonds. The van der Waals surface area contributed by atoms with E-state index in [1.54, 1.807) is 13.8 Å². The number of aryl methyl sites for hydroxylation is 2. The zero-order valence-electron chi connectivity index (χ0n) is 15.5. The summed E-state index contributed by atoms with van der Waals surface area (Å²) in [6.45, 7) is 3.75. The maximum Gasteiger partial charge on any atom is 0.417 e. The average molecular weight is 468 g/mol. The standard InChI is InChI=1S/C17H17ClF3N3O3S2/c1-10-15(28-11(2)22-10)16(25)23-5-7-24(8-6-23)29(26,27)12-3-4-14(18)13(9-12)17(19,20)21/h3-4,9H,5-8H2,1-2H3. The van der Waals surface area contributed by atoms with Crippen molar-refractivity contribution in [2.45, 2.75) is 24.9 Å². The number of piperazine rings is 1. The fourth-order valence-corrected chi connectivity index (χ4v) is 5.60. The van der Waals surface area contributed by atoms with Gasteiger partial charge in [0.15, 0.2) is 0 Å². The third-order valence-corrected chi connectivity index (χ3v) is 7.79. The highest BCUT2D eigenvalue weighted by atomic mass is 35.5. The zero-order valence-corrected chi connectivity index (χ0v) is 17.8. The zero-order chi connectivity index (χ0) is 21.6. The molecule has 0 saturated carbocycles. The molecule has 0 bridgehead atoms. The molecule has 29 heavy (non-hydrogen) atoms. The molecule has 0 unspecified atom stereocenters. The molecular formula is C17H17ClF3N3O3S2. The van der Waals surface area contributed by atoms with Crippen LogP contribution in [0.15, 0.2) is 23.1 Å². The van der Waals surface area contributed by atoms with Gasteiger partial charge in [0.25, 0.3) is 5.91 Å². The third-order valence-electron chi connectivity index (χ3n) is 4.50. The number of carbonyl (C=O) groups is 1. The molecule has 1 aliphatic heterocycles. The quantitative estimate of drug-likeness (QED) is 0.691. The van der Waals surface area contributed by atoms with E-state index in [1.165, 1.54) is 16.2 Å². The van der Waals surface area contributed by atoms with Crippen molar-refractivity contribution in [3.05, 3.63) is 44.4 Å². The largest absolute Gasteiger partial charge is 0.417 e. The molecule has 0 N–H and O–H groups in total. The molecule has 0 radical (unpaired) electrons. The lowest BCUT2D eigenvalue weighted by Gasteiger charge is -2.34. The van der Waals surface area contributed by atoms with Gasteiger partial charge in [-0.1, -0.05) is 11.6 Å². The van der Waals surface area contributed by atoms with Crippen LogP contribution in [0.2, 0.25) is 5.02 Å². The third kappa shape index (κ3) is 4.42. The van der Waals surface area contributed by atoms with Crippen LogP contribution < -0.4 is 0 Å². The Morgan fingerprint density at radius 1 is 1.17 bits per heavy atom. The van der Waals surface area contributed by atoms with E-state index in [4.69, 9.17) is 11.6 Å². The summed E-state index contributed by atoms with van der Waals surface area (Å²) in [5.41, 5.74) is -0.585. The number of halogens is 4. The Labute approximate surface area is 175 Å². The Morgan fingerprint density at radius 3 is 2.31 bits per heavy atom. The van der Waals surface area contributed by atoms with E-state index >= 15 is 0 Å². The minimum Gasteiger partial charge on any atom is -0.335 e. The number of thiazole rings is 1. The number of nitrogens with zero attached hydrogens (tertiary/aromatic N) is 3. The normalized spacial score (nSPS) is 16.3. The number of benzene rings is 1. The highest BCUT2D eigenvalue weighted by Gasteiger charge is 2.36. The molecule has 1 aromatic carbocycles. The minimum absolute atomic E-state index is 0.0190. The Balaban J connectivity index is 1.77. The van der Waals surface area contributed by atoms with Crippen LogP contribution in [0, 0.1) is 13.8 Å². The van der Waals surface area contributed by atoms with Crippen LogP contribution in [0.5, 0.6) is 0 Å². The number of amides is 1. The summed E-state index contributed by atoms with van der Waals surface area (Å²) in [5, 5.41) is 0.192. The summed E-state index contributed by atoms with van der Waals surface area (Å²) in [6, 6.07) is 2.51. The molecule has 1 fully saturated rings. The minimum atomic E-state index is -4.77. The van der Waals surface area contributed by atoms with E-state index < -0.39 is 31.7 Å². The maximum atomic E-state index is 13.1. The molecule has 3 rings (SSSR count). The maximum absolute atomic E-state index is 13.1. The van der Waals surface area contributed by atoms with Crippen molar-refractivity contribution in [2.75, 3.05) is 26.2 Å². The molecule has 12 heteroatoms. The number of rotatable bonds is 3. The van der Waals surface area contributed by atoms with E-state index in [0.717, 1.165) is 21.4 Å². The Morgan fingerprint density at radius 2 is 1.79 bits per heavy atom. The second-order valence-corrected chi connectivity index (χ2v) is 10.0. The molecule has 1 saturated heterocycles. The predicted molar refractivity (Wildman–Crippen MR) is 103 cm³/mol. The van der Waals surface area contributed by atoms with Crippen molar-refractivity contribution in [3.63, 3.8) is 0 Å². The van der Waals surface area contributed by atoms with E-state index in [-0.39, 0.29) is 32.1 Å². The molecule has 2 heterocycles. The van der Waals surface area contributed by atoms with E-state index in [0.29, 0.717) is 16.6 Å². The van der Waals surface area contributed by atoms with Gasteiger partial charge in [-0.05, 0) is 32.0 Å². The number of carbonyl (C=O) groups excluding carboxylic acids is 1. The fourth-order valence-electron chi connectivity index (χ4n) is 3.04. The van der Waals surface area contributed by atoms with Crippen molar-refractivity contribution in [1.29, 1.82) is 0 Å². The second-order valence-electron chi connectivity index (χ2n) is 6.48. The van der Waals surface area contributed by atoms with Gasteiger partial charge >= 0.3 is 6.18 Å². The van der Waals surface area contributed by atoms with Gasteiger partial charge in [-0.3, -0.25) is 4.79 Å². The van der Waals surface area contributed by atoms with Gasteiger partial charge < -0.3 is 4.90 Å². The van der Waals surface area contributed by atoms with Crippen LogP contribution >= 0.6 is 22.9 Å². The van der Waals surface area contributed by atoms with Crippen molar-refractivity contribution >= 4 is 38.9 Å². The highest BCUT2D eigenvalue weighted by Crippen LogP contribution is 2.36. The summed E-state index contributed by atoms with van der Waals surface area (Å²) in [6.07, 6.45) is -4.77. The van der Waals surface area contributed by atoms with E-state index in [2.05, 4.69) is 4.98 Å². The molecule has 1 aliphatic rings. The summed E-state index contributed by atoms with van der Waals surface area (Å²) < 4.78 is 65.8. The lowest BCUT2D eigenvalue weighted by Crippen LogP contribution is -2.50. The number of aromatic nitrogens is 1. The molecule has 0 aliphatic carbocycles. The smallest absolute Gasteiger partial charge is 0.335 e. The summed E-state index contributed by atoms with van der Waals surface area (Å²) >= 11 is 6.84. The summed E-state index contributed by atoms with van der Waals surface area (Å²) in [5.74, 6) is -0.226. The molecule has 0 atom stereocenters. The van der Waals surface area contributed by atoms with Crippen LogP contribution in [-0.4, -0.2) is 54.7 Å². The first-order valence-electron chi connectivity index (χ1n) is 8.51. The van der Waals surface area contributed by atoms with Crippen LogP contribution in [0.1, 0.15) is 25.9 Å². The number of hydrogen-bond donors (Lipinski definition) is 0. The van der Waals surface area contributed by atoms with Gasteiger partial charge in [-0.25, -0.2) is 13.4 Å². The van der Waals surface area contributed by atoms with Crippen LogP contribution in [0.3, 0.4) is 0 Å². The van der Waals surface area contributed by atoms with Crippen LogP contribution in [0.4, 0.5) is 13.2 Å². The topological polar surface area (TPSA) is 70.6 Å². The fraction of sp³-hybridized carbons (Fsp3) is 0.412. The Kier molecular flexibility index (Phi) is 5.96. The molecule has 0 spiro atoms. The number of alkyl halides is 3. The Hall–Kier alpha value is -1.69. The first kappa shape index (κ1) is 22.0. The first-order chi connectivity index (χ1) is 13.4. The molecular weight excluding hydrogens is 451 g/mol. The second kappa shape index (κ2) is 7.86. The van der Waals surface area contributed by atoms with Gasteiger partial charge in [-0.2, -0.15) is 17.5 Å². The van der Waals surface area contributed by atoms with E-state index in [9.17, 15) is 26.4 Å². The van der Waals surface area contributed by atoms with Crippen LogP contribution in [-0.2, 0) is 16.2 Å². The molecule has 1 aromatic heterocycles.